The summed E-state index contributed by atoms with van der Waals surface area (Å²) >= 11 is 0. The molecule has 0 saturated carbocycles. The van der Waals surface area contributed by atoms with Crippen LogP contribution < -0.4 is 0 Å². The standard InChI is InChI=1S/C23H22O7/c1-13(2)19(30-22(25)14-8-6-5-7-9-14)20-18-16(12-29-20)10-15(21(24)27-3)11-17(18)23(26)28-4/h5-11,19-20H,1,12H2,2-4H3/t19-,20+/m1/s1. The van der Waals surface area contributed by atoms with E-state index in [2.05, 4.69) is 6.58 Å². The lowest BCUT2D eigenvalue weighted by atomic mass is 9.91. The third kappa shape index (κ3) is 4.11. The van der Waals surface area contributed by atoms with E-state index in [4.69, 9.17) is 18.9 Å². The molecule has 0 N–H and O–H groups in total. The van der Waals surface area contributed by atoms with Crippen molar-refractivity contribution in [3.8, 4) is 0 Å². The summed E-state index contributed by atoms with van der Waals surface area (Å²) in [4.78, 5) is 37.1. The van der Waals surface area contributed by atoms with E-state index < -0.39 is 30.1 Å². The van der Waals surface area contributed by atoms with Crippen LogP contribution in [0.3, 0.4) is 0 Å². The zero-order valence-corrected chi connectivity index (χ0v) is 17.0. The first-order chi connectivity index (χ1) is 14.4. The molecule has 1 aliphatic rings. The Morgan fingerprint density at radius 3 is 2.27 bits per heavy atom. The molecular formula is C23H22O7. The molecule has 156 valence electrons. The molecule has 0 saturated heterocycles. The van der Waals surface area contributed by atoms with Crippen molar-refractivity contribution in [1.82, 2.24) is 0 Å². The van der Waals surface area contributed by atoms with Gasteiger partial charge in [-0.1, -0.05) is 24.8 Å². The number of esters is 3. The molecule has 0 aromatic heterocycles. The SMILES string of the molecule is C=C(C)[C@@H](OC(=O)c1ccccc1)[C@H]1OCc2cc(C(=O)OC)cc(C(=O)OC)c21. The van der Waals surface area contributed by atoms with Gasteiger partial charge in [0.1, 0.15) is 6.10 Å². The van der Waals surface area contributed by atoms with Crippen LogP contribution in [-0.2, 0) is 25.6 Å². The second-order valence-corrected chi connectivity index (χ2v) is 6.85. The number of rotatable bonds is 6. The monoisotopic (exact) mass is 410 g/mol. The Bertz CT molecular complexity index is 994. The minimum Gasteiger partial charge on any atom is -0.465 e. The van der Waals surface area contributed by atoms with Gasteiger partial charge in [-0.2, -0.15) is 0 Å². The fraction of sp³-hybridized carbons (Fsp3) is 0.261. The first-order valence-corrected chi connectivity index (χ1v) is 9.23. The Morgan fingerprint density at radius 1 is 1.00 bits per heavy atom. The van der Waals surface area contributed by atoms with E-state index in [1.54, 1.807) is 43.3 Å². The van der Waals surface area contributed by atoms with Crippen LogP contribution in [0.25, 0.3) is 0 Å². The van der Waals surface area contributed by atoms with Gasteiger partial charge in [0.25, 0.3) is 0 Å². The number of carbonyl (C=O) groups is 3. The summed E-state index contributed by atoms with van der Waals surface area (Å²) in [6.07, 6.45) is -1.61. The molecule has 30 heavy (non-hydrogen) atoms. The summed E-state index contributed by atoms with van der Waals surface area (Å²) in [6.45, 7) is 5.77. The van der Waals surface area contributed by atoms with Crippen LogP contribution in [0, 0.1) is 0 Å². The minimum atomic E-state index is -0.841. The van der Waals surface area contributed by atoms with Crippen molar-refractivity contribution in [3.63, 3.8) is 0 Å². The van der Waals surface area contributed by atoms with Gasteiger partial charge in [0, 0.05) is 5.56 Å². The Morgan fingerprint density at radius 2 is 1.67 bits per heavy atom. The molecule has 0 spiro atoms. The predicted octanol–water partition coefficient (Wildman–Crippen LogP) is 3.63. The molecule has 3 rings (SSSR count). The summed E-state index contributed by atoms with van der Waals surface area (Å²) < 4.78 is 21.2. The Kier molecular flexibility index (Phi) is 6.32. The van der Waals surface area contributed by atoms with Gasteiger partial charge >= 0.3 is 17.9 Å². The predicted molar refractivity (Wildman–Crippen MR) is 107 cm³/mol. The molecule has 7 nitrogen and oxygen atoms in total. The molecule has 0 amide bonds. The highest BCUT2D eigenvalue weighted by atomic mass is 16.6. The van der Waals surface area contributed by atoms with E-state index in [1.807, 2.05) is 0 Å². The molecular weight excluding hydrogens is 388 g/mol. The van der Waals surface area contributed by atoms with Crippen LogP contribution >= 0.6 is 0 Å². The highest BCUT2D eigenvalue weighted by Gasteiger charge is 2.38. The van der Waals surface area contributed by atoms with Crippen molar-refractivity contribution in [2.45, 2.75) is 25.7 Å². The molecule has 0 fully saturated rings. The lowest BCUT2D eigenvalue weighted by Crippen LogP contribution is -2.27. The van der Waals surface area contributed by atoms with Gasteiger partial charge in [-0.25, -0.2) is 14.4 Å². The molecule has 0 bridgehead atoms. The first-order valence-electron chi connectivity index (χ1n) is 9.23. The number of hydrogen-bond donors (Lipinski definition) is 0. The summed E-state index contributed by atoms with van der Waals surface area (Å²) in [5.41, 5.74) is 2.41. The number of ether oxygens (including phenoxy) is 4. The minimum absolute atomic E-state index is 0.126. The van der Waals surface area contributed by atoms with Crippen molar-refractivity contribution in [3.05, 3.63) is 82.4 Å². The first kappa shape index (κ1) is 21.3. The van der Waals surface area contributed by atoms with Gasteiger partial charge in [0.05, 0.1) is 37.5 Å². The van der Waals surface area contributed by atoms with Crippen molar-refractivity contribution < 1.29 is 33.3 Å². The molecule has 1 heterocycles. The number of carbonyl (C=O) groups excluding carboxylic acids is 3. The molecule has 0 radical (unpaired) electrons. The third-order valence-corrected chi connectivity index (χ3v) is 4.80. The smallest absolute Gasteiger partial charge is 0.338 e. The maximum atomic E-state index is 12.6. The Balaban J connectivity index is 2.02. The van der Waals surface area contributed by atoms with E-state index in [0.717, 1.165) is 0 Å². The van der Waals surface area contributed by atoms with E-state index in [9.17, 15) is 14.4 Å². The average Bonchev–Trinajstić information content (AvgIpc) is 3.19. The molecule has 0 aliphatic carbocycles. The van der Waals surface area contributed by atoms with Crippen molar-refractivity contribution in [2.75, 3.05) is 14.2 Å². The fourth-order valence-electron chi connectivity index (χ4n) is 3.36. The van der Waals surface area contributed by atoms with Gasteiger partial charge in [0.15, 0.2) is 6.10 Å². The van der Waals surface area contributed by atoms with Crippen LogP contribution in [0.5, 0.6) is 0 Å². The number of methoxy groups -OCH3 is 2. The number of benzene rings is 2. The number of fused-ring (bicyclic) bond motifs is 1. The maximum absolute atomic E-state index is 12.6. The normalized spacial score (nSPS) is 15.6. The second-order valence-electron chi connectivity index (χ2n) is 6.85. The lowest BCUT2D eigenvalue weighted by Gasteiger charge is -2.25. The largest absolute Gasteiger partial charge is 0.465 e. The molecule has 2 atom stereocenters. The summed E-state index contributed by atoms with van der Waals surface area (Å²) in [7, 11) is 2.50. The van der Waals surface area contributed by atoms with Gasteiger partial charge in [-0.05, 0) is 42.3 Å². The van der Waals surface area contributed by atoms with Gasteiger partial charge < -0.3 is 18.9 Å². The number of hydrogen-bond acceptors (Lipinski definition) is 7. The van der Waals surface area contributed by atoms with E-state index in [1.165, 1.54) is 20.3 Å². The van der Waals surface area contributed by atoms with Crippen molar-refractivity contribution in [2.24, 2.45) is 0 Å². The zero-order valence-electron chi connectivity index (χ0n) is 17.0. The van der Waals surface area contributed by atoms with Crippen LogP contribution in [0.4, 0.5) is 0 Å². The van der Waals surface area contributed by atoms with Crippen molar-refractivity contribution >= 4 is 17.9 Å². The lowest BCUT2D eigenvalue weighted by molar-refractivity contribution is -0.0340. The Hall–Kier alpha value is -3.45. The fourth-order valence-corrected chi connectivity index (χ4v) is 3.36. The van der Waals surface area contributed by atoms with Crippen molar-refractivity contribution in [1.29, 1.82) is 0 Å². The molecule has 1 aliphatic heterocycles. The molecule has 7 heteroatoms. The summed E-state index contributed by atoms with van der Waals surface area (Å²) in [5.74, 6) is -1.76. The molecule has 0 unspecified atom stereocenters. The topological polar surface area (TPSA) is 88.1 Å². The average molecular weight is 410 g/mol. The van der Waals surface area contributed by atoms with Crippen LogP contribution in [0.15, 0.2) is 54.6 Å². The summed E-state index contributed by atoms with van der Waals surface area (Å²) in [5, 5.41) is 0. The zero-order chi connectivity index (χ0) is 21.8. The quantitative estimate of drug-likeness (QED) is 0.408. The van der Waals surface area contributed by atoms with Crippen LogP contribution in [0.2, 0.25) is 0 Å². The second kappa shape index (κ2) is 8.92. The highest BCUT2D eigenvalue weighted by Crippen LogP contribution is 2.40. The van der Waals surface area contributed by atoms with Crippen LogP contribution in [-0.4, -0.2) is 38.2 Å². The van der Waals surface area contributed by atoms with Gasteiger partial charge in [-0.15, -0.1) is 0 Å². The van der Waals surface area contributed by atoms with Gasteiger partial charge in [-0.3, -0.25) is 0 Å². The molecule has 2 aromatic rings. The highest BCUT2D eigenvalue weighted by molar-refractivity contribution is 5.97. The van der Waals surface area contributed by atoms with Gasteiger partial charge in [0.2, 0.25) is 0 Å². The molecule has 2 aromatic carbocycles. The van der Waals surface area contributed by atoms with E-state index in [0.29, 0.717) is 22.3 Å². The Labute approximate surface area is 174 Å². The van der Waals surface area contributed by atoms with E-state index >= 15 is 0 Å². The maximum Gasteiger partial charge on any atom is 0.338 e. The third-order valence-electron chi connectivity index (χ3n) is 4.80. The summed E-state index contributed by atoms with van der Waals surface area (Å²) in [6, 6.07) is 11.5. The van der Waals surface area contributed by atoms with E-state index in [-0.39, 0.29) is 17.7 Å². The van der Waals surface area contributed by atoms with Crippen LogP contribution in [0.1, 0.15) is 55.2 Å².